The highest BCUT2D eigenvalue weighted by Crippen LogP contribution is 2.29. The molecule has 2 aromatic carbocycles. The van der Waals surface area contributed by atoms with E-state index in [0.717, 1.165) is 9.87 Å². The number of aryl methyl sites for hydroxylation is 1. The summed E-state index contributed by atoms with van der Waals surface area (Å²) < 4.78 is 24.6. The molecule has 2 rings (SSSR count). The summed E-state index contributed by atoms with van der Waals surface area (Å²) in [6.07, 6.45) is 0. The van der Waals surface area contributed by atoms with Gasteiger partial charge in [-0.2, -0.15) is 0 Å². The van der Waals surface area contributed by atoms with Crippen molar-refractivity contribution in [3.8, 4) is 0 Å². The molecule has 0 fully saturated rings. The van der Waals surface area contributed by atoms with Gasteiger partial charge in [0.25, 0.3) is 5.69 Å². The second-order valence-electron chi connectivity index (χ2n) is 5.86. The van der Waals surface area contributed by atoms with Gasteiger partial charge < -0.3 is 10.3 Å². The topological polar surface area (TPSA) is 130 Å². The van der Waals surface area contributed by atoms with Crippen molar-refractivity contribution in [3.63, 3.8) is 0 Å². The minimum atomic E-state index is -2.74. The average molecular weight is 376 g/mol. The van der Waals surface area contributed by atoms with E-state index in [2.05, 4.69) is 0 Å². The van der Waals surface area contributed by atoms with Crippen LogP contribution >= 0.6 is 0 Å². The molecular weight excluding hydrogens is 358 g/mol. The van der Waals surface area contributed by atoms with Crippen molar-refractivity contribution in [1.29, 1.82) is 0 Å². The minimum absolute atomic E-state index is 0.0978. The van der Waals surface area contributed by atoms with Crippen LogP contribution in [0.2, 0.25) is 0 Å². The number of nitro benzene ring substituents is 1. The second kappa shape index (κ2) is 8.07. The molecule has 138 valence electrons. The van der Waals surface area contributed by atoms with Crippen molar-refractivity contribution in [1.82, 2.24) is 0 Å². The number of nitrogens with zero attached hydrogens (tertiary/aromatic N) is 2. The lowest BCUT2D eigenvalue weighted by Gasteiger charge is -2.36. The van der Waals surface area contributed by atoms with Crippen LogP contribution in [-0.4, -0.2) is 25.6 Å². The number of non-ortho nitro benzene ring substituents is 1. The van der Waals surface area contributed by atoms with Crippen LogP contribution in [-0.2, 0) is 16.1 Å². The van der Waals surface area contributed by atoms with Crippen molar-refractivity contribution in [2.24, 2.45) is 5.73 Å². The fourth-order valence-electron chi connectivity index (χ4n) is 2.68. The summed E-state index contributed by atoms with van der Waals surface area (Å²) in [5.41, 5.74) is 7.20. The largest absolute Gasteiger partial charge is 0.755 e. The fourth-order valence-corrected chi connectivity index (χ4v) is 3.44. The van der Waals surface area contributed by atoms with Crippen LogP contribution in [0.3, 0.4) is 0 Å². The molecule has 0 radical (unpaired) electrons. The monoisotopic (exact) mass is 376 g/mol. The molecule has 0 aliphatic carbocycles. The van der Waals surface area contributed by atoms with E-state index in [4.69, 9.17) is 5.73 Å². The SMILES string of the molecule is Cc1ccc(N(C(C(N)=O)C(C)c2ccc([N+](=O)[O-])cc2)S(=O)[O-])cc1. The highest BCUT2D eigenvalue weighted by Gasteiger charge is 2.32. The smallest absolute Gasteiger partial charge is 0.269 e. The fraction of sp³-hybridized carbons (Fsp3) is 0.235. The lowest BCUT2D eigenvalue weighted by molar-refractivity contribution is -0.384. The molecule has 0 heterocycles. The van der Waals surface area contributed by atoms with Gasteiger partial charge in [0, 0.05) is 35.0 Å². The van der Waals surface area contributed by atoms with Gasteiger partial charge in [-0.1, -0.05) is 36.8 Å². The zero-order valence-corrected chi connectivity index (χ0v) is 15.0. The number of rotatable bonds is 7. The van der Waals surface area contributed by atoms with E-state index in [-0.39, 0.29) is 5.69 Å². The zero-order valence-electron chi connectivity index (χ0n) is 14.2. The van der Waals surface area contributed by atoms with Gasteiger partial charge in [-0.25, -0.2) is 0 Å². The molecule has 3 atom stereocenters. The molecule has 0 aliphatic rings. The standard InChI is InChI=1S/C17H19N3O5S/c1-11-3-7-14(8-4-11)19(26(24)25)16(17(18)21)12(2)13-5-9-15(10-6-13)20(22)23/h3-10,12,16H,1-2H3,(H2,18,21)(H,24,25)/p-1. The van der Waals surface area contributed by atoms with Gasteiger partial charge in [-0.15, -0.1) is 0 Å². The van der Waals surface area contributed by atoms with E-state index < -0.39 is 34.1 Å². The van der Waals surface area contributed by atoms with E-state index in [9.17, 15) is 23.7 Å². The predicted molar refractivity (Wildman–Crippen MR) is 97.1 cm³/mol. The number of primary amides is 1. The third kappa shape index (κ3) is 4.24. The predicted octanol–water partition coefficient (Wildman–Crippen LogP) is 2.16. The number of nitro groups is 1. The molecule has 0 bridgehead atoms. The number of benzene rings is 2. The Balaban J connectivity index is 2.44. The quantitative estimate of drug-likeness (QED) is 0.449. The average Bonchev–Trinajstić information content (AvgIpc) is 2.59. The van der Waals surface area contributed by atoms with Crippen molar-refractivity contribution in [2.75, 3.05) is 4.31 Å². The Bertz CT molecular complexity index is 823. The maximum Gasteiger partial charge on any atom is 0.269 e. The Morgan fingerprint density at radius 3 is 2.12 bits per heavy atom. The molecule has 1 amide bonds. The van der Waals surface area contributed by atoms with Crippen LogP contribution in [0, 0.1) is 17.0 Å². The number of nitrogens with two attached hydrogens (primary N) is 1. The zero-order chi connectivity index (χ0) is 19.4. The van der Waals surface area contributed by atoms with Crippen LogP contribution in [0.15, 0.2) is 48.5 Å². The lowest BCUT2D eigenvalue weighted by atomic mass is 9.92. The maximum absolute atomic E-state index is 12.1. The van der Waals surface area contributed by atoms with Crippen molar-refractivity contribution < 1.29 is 18.5 Å². The van der Waals surface area contributed by atoms with Gasteiger partial charge in [0.15, 0.2) is 0 Å². The molecule has 0 saturated carbocycles. The lowest BCUT2D eigenvalue weighted by Crippen LogP contribution is -2.49. The van der Waals surface area contributed by atoms with Crippen LogP contribution in [0.1, 0.15) is 24.0 Å². The summed E-state index contributed by atoms with van der Waals surface area (Å²) in [6.45, 7) is 3.50. The Hall–Kier alpha value is -2.78. The molecule has 0 aromatic heterocycles. The van der Waals surface area contributed by atoms with Crippen molar-refractivity contribution >= 4 is 28.5 Å². The summed E-state index contributed by atoms with van der Waals surface area (Å²) in [7, 11) is 0. The highest BCUT2D eigenvalue weighted by atomic mass is 32.2. The number of carbonyl (C=O) groups excluding carboxylic acids is 1. The Morgan fingerprint density at radius 1 is 1.15 bits per heavy atom. The third-order valence-electron chi connectivity index (χ3n) is 4.10. The summed E-state index contributed by atoms with van der Waals surface area (Å²) in [5.74, 6) is -1.44. The van der Waals surface area contributed by atoms with E-state index in [1.54, 1.807) is 31.2 Å². The number of hydrogen-bond donors (Lipinski definition) is 1. The van der Waals surface area contributed by atoms with Crippen LogP contribution in [0.25, 0.3) is 0 Å². The number of amides is 1. The van der Waals surface area contributed by atoms with Crippen molar-refractivity contribution in [3.05, 3.63) is 69.8 Å². The number of anilines is 1. The first-order valence-electron chi connectivity index (χ1n) is 7.71. The van der Waals surface area contributed by atoms with Gasteiger partial charge >= 0.3 is 0 Å². The van der Waals surface area contributed by atoms with E-state index >= 15 is 0 Å². The minimum Gasteiger partial charge on any atom is -0.755 e. The summed E-state index contributed by atoms with van der Waals surface area (Å²) in [5, 5.41) is 10.8. The van der Waals surface area contributed by atoms with Crippen LogP contribution in [0.4, 0.5) is 11.4 Å². The third-order valence-corrected chi connectivity index (χ3v) is 4.86. The molecular formula is C17H18N3O5S-. The summed E-state index contributed by atoms with van der Waals surface area (Å²) in [4.78, 5) is 22.3. The Kier molecular flexibility index (Phi) is 6.06. The molecule has 3 unspecified atom stereocenters. The first-order chi connectivity index (χ1) is 12.2. The first-order valence-corrected chi connectivity index (χ1v) is 8.74. The molecule has 9 heteroatoms. The molecule has 0 saturated heterocycles. The maximum atomic E-state index is 12.1. The van der Waals surface area contributed by atoms with Gasteiger partial charge in [0.05, 0.1) is 4.92 Å². The normalized spacial score (nSPS) is 14.3. The molecule has 2 N–H and O–H groups in total. The number of carbonyl (C=O) groups is 1. The first kappa shape index (κ1) is 19.5. The summed E-state index contributed by atoms with van der Waals surface area (Å²) in [6, 6.07) is 11.0. The molecule has 26 heavy (non-hydrogen) atoms. The molecule has 8 nitrogen and oxygen atoms in total. The van der Waals surface area contributed by atoms with E-state index in [0.29, 0.717) is 11.3 Å². The van der Waals surface area contributed by atoms with E-state index in [1.807, 2.05) is 6.92 Å². The van der Waals surface area contributed by atoms with Gasteiger partial charge in [0.2, 0.25) is 5.91 Å². The van der Waals surface area contributed by atoms with Crippen LogP contribution < -0.4 is 10.0 Å². The molecule has 2 aromatic rings. The van der Waals surface area contributed by atoms with E-state index in [1.165, 1.54) is 24.3 Å². The second-order valence-corrected chi connectivity index (χ2v) is 6.69. The molecule has 0 aliphatic heterocycles. The Labute approximate surface area is 153 Å². The number of hydrogen-bond acceptors (Lipinski definition) is 5. The van der Waals surface area contributed by atoms with Crippen molar-refractivity contribution in [2.45, 2.75) is 25.8 Å². The highest BCUT2D eigenvalue weighted by molar-refractivity contribution is 7.80. The summed E-state index contributed by atoms with van der Waals surface area (Å²) >= 11 is -2.74. The Morgan fingerprint density at radius 2 is 1.69 bits per heavy atom. The van der Waals surface area contributed by atoms with Gasteiger partial charge in [-0.05, 0) is 24.6 Å². The van der Waals surface area contributed by atoms with Crippen LogP contribution in [0.5, 0.6) is 0 Å². The molecule has 0 spiro atoms. The van der Waals surface area contributed by atoms with Gasteiger partial charge in [-0.3, -0.25) is 23.4 Å². The van der Waals surface area contributed by atoms with Gasteiger partial charge in [0.1, 0.15) is 6.04 Å².